The average molecular weight is 480 g/mol. The maximum atomic E-state index is 13.3. The normalized spacial score (nSPS) is 18.9. The minimum Gasteiger partial charge on any atom is -0.309 e. The van der Waals surface area contributed by atoms with E-state index in [0.29, 0.717) is 41.9 Å². The van der Waals surface area contributed by atoms with Gasteiger partial charge in [-0.1, -0.05) is 0 Å². The number of hydrogen-bond donors (Lipinski definition) is 0. The molecule has 0 amide bonds. The second-order valence-corrected chi connectivity index (χ2v) is 9.31. The van der Waals surface area contributed by atoms with Gasteiger partial charge in [0, 0.05) is 40.6 Å². The van der Waals surface area contributed by atoms with Crippen molar-refractivity contribution in [2.45, 2.75) is 38.3 Å². The van der Waals surface area contributed by atoms with Crippen LogP contribution in [0.15, 0.2) is 77.1 Å². The van der Waals surface area contributed by atoms with E-state index in [2.05, 4.69) is 6.07 Å². The highest BCUT2D eigenvalue weighted by Gasteiger charge is 2.42. The average Bonchev–Trinajstić information content (AvgIpc) is 3.49. The summed E-state index contributed by atoms with van der Waals surface area (Å²) < 4.78 is 41.5. The molecule has 2 aromatic heterocycles. The van der Waals surface area contributed by atoms with Gasteiger partial charge in [-0.2, -0.15) is 18.4 Å². The third-order valence-electron chi connectivity index (χ3n) is 6.31. The molecule has 3 heterocycles. The van der Waals surface area contributed by atoms with Gasteiger partial charge in [-0.3, -0.25) is 9.69 Å². The predicted molar refractivity (Wildman–Crippen MR) is 125 cm³/mol. The summed E-state index contributed by atoms with van der Waals surface area (Å²) in [5, 5.41) is 12.3. The summed E-state index contributed by atoms with van der Waals surface area (Å²) in [7, 11) is 0. The van der Waals surface area contributed by atoms with Crippen molar-refractivity contribution >= 4 is 28.6 Å². The molecule has 0 spiro atoms. The van der Waals surface area contributed by atoms with Crippen molar-refractivity contribution in [2.24, 2.45) is 0 Å². The molecule has 0 N–H and O–H groups in total. The zero-order chi connectivity index (χ0) is 24.0. The number of thiophene rings is 1. The summed E-state index contributed by atoms with van der Waals surface area (Å²) in [5.41, 5.74) is 2.45. The number of ketones is 1. The molecule has 2 aliphatic rings. The van der Waals surface area contributed by atoms with Crippen LogP contribution in [0, 0.1) is 18.3 Å². The molecule has 1 aromatic carbocycles. The maximum Gasteiger partial charge on any atom is 0.416 e. The molecule has 1 aliphatic carbocycles. The summed E-state index contributed by atoms with van der Waals surface area (Å²) >= 11 is 1.51. The van der Waals surface area contributed by atoms with Crippen molar-refractivity contribution in [3.8, 4) is 6.07 Å². The number of aryl methyl sites for hydroxylation is 1. The van der Waals surface area contributed by atoms with Crippen LogP contribution in [0.2, 0.25) is 0 Å². The van der Waals surface area contributed by atoms with Gasteiger partial charge < -0.3 is 4.57 Å². The Morgan fingerprint density at radius 2 is 1.79 bits per heavy atom. The van der Waals surface area contributed by atoms with Crippen LogP contribution in [0.4, 0.5) is 18.9 Å². The first-order valence-corrected chi connectivity index (χ1v) is 11.7. The van der Waals surface area contributed by atoms with Crippen molar-refractivity contribution in [3.63, 3.8) is 0 Å². The Balaban J connectivity index is 1.80. The van der Waals surface area contributed by atoms with E-state index in [1.807, 2.05) is 30.5 Å². The van der Waals surface area contributed by atoms with Crippen molar-refractivity contribution in [1.29, 1.82) is 5.26 Å². The van der Waals surface area contributed by atoms with Crippen LogP contribution in [-0.4, -0.2) is 10.4 Å². The van der Waals surface area contributed by atoms with E-state index in [1.165, 1.54) is 23.5 Å². The monoisotopic (exact) mass is 479 g/mol. The van der Waals surface area contributed by atoms with Crippen LogP contribution in [-0.2, 0) is 11.0 Å². The lowest BCUT2D eigenvalue weighted by atomic mass is 9.77. The zero-order valence-corrected chi connectivity index (χ0v) is 19.1. The summed E-state index contributed by atoms with van der Waals surface area (Å²) in [5.74, 6) is 0.0182. The number of anilines is 1. The molecule has 4 nitrogen and oxygen atoms in total. The highest BCUT2D eigenvalue weighted by Crippen LogP contribution is 2.50. The number of benzene rings is 1. The van der Waals surface area contributed by atoms with E-state index in [4.69, 9.17) is 0 Å². The highest BCUT2D eigenvalue weighted by molar-refractivity contribution is 7.10. The summed E-state index contributed by atoms with van der Waals surface area (Å²) in [6, 6.07) is 12.9. The molecule has 8 heteroatoms. The summed E-state index contributed by atoms with van der Waals surface area (Å²) in [4.78, 5) is 16.0. The van der Waals surface area contributed by atoms with Crippen LogP contribution in [0.5, 0.6) is 0 Å². The molecular weight excluding hydrogens is 459 g/mol. The number of halogens is 3. The number of nitrogens with zero attached hydrogens (tertiary/aromatic N) is 3. The molecule has 5 rings (SSSR count). The first-order chi connectivity index (χ1) is 16.3. The van der Waals surface area contributed by atoms with Crippen LogP contribution in [0.1, 0.15) is 41.2 Å². The Bertz CT molecular complexity index is 1360. The van der Waals surface area contributed by atoms with E-state index >= 15 is 0 Å². The third-order valence-corrected chi connectivity index (χ3v) is 7.40. The molecular formula is C26H20F3N3OS. The number of rotatable bonds is 3. The molecule has 0 saturated heterocycles. The highest BCUT2D eigenvalue weighted by atomic mass is 32.1. The van der Waals surface area contributed by atoms with Gasteiger partial charge in [0.15, 0.2) is 5.78 Å². The second kappa shape index (κ2) is 8.33. The number of carbonyl (C=O) groups excluding carboxylic acids is 1. The standard InChI is InChI=1S/C26H20F3N3OS/c1-16-11-14-34-24(16)22-19(15-30)25(31-12-2-3-13-31)32(20-5-4-6-21(33)23(20)22)18-9-7-17(8-10-18)26(27,28)29/h2-3,7-14,22H,4-6H2,1H3. The number of nitriles is 1. The minimum atomic E-state index is -4.45. The maximum absolute atomic E-state index is 13.3. The zero-order valence-electron chi connectivity index (χ0n) is 18.3. The molecule has 34 heavy (non-hydrogen) atoms. The van der Waals surface area contributed by atoms with Crippen molar-refractivity contribution in [1.82, 2.24) is 4.57 Å². The van der Waals surface area contributed by atoms with Gasteiger partial charge in [0.2, 0.25) is 0 Å². The van der Waals surface area contributed by atoms with E-state index in [-0.39, 0.29) is 5.78 Å². The topological polar surface area (TPSA) is 49.0 Å². The molecule has 0 bridgehead atoms. The van der Waals surface area contributed by atoms with Crippen LogP contribution >= 0.6 is 11.3 Å². The first kappa shape index (κ1) is 22.2. The lowest BCUT2D eigenvalue weighted by Crippen LogP contribution is -2.36. The molecule has 172 valence electrons. The fraction of sp³-hybridized carbons (Fsp3) is 0.231. The number of Topliss-reactive ketones (excluding diaryl/α,β-unsaturated/α-hetero) is 1. The molecule has 1 unspecified atom stereocenters. The van der Waals surface area contributed by atoms with Gasteiger partial charge in [0.05, 0.1) is 23.1 Å². The van der Waals surface area contributed by atoms with Crippen molar-refractivity contribution in [3.05, 3.63) is 93.1 Å². The van der Waals surface area contributed by atoms with Crippen molar-refractivity contribution < 1.29 is 18.0 Å². The van der Waals surface area contributed by atoms with Gasteiger partial charge in [-0.25, -0.2) is 0 Å². The fourth-order valence-electron chi connectivity index (χ4n) is 4.79. The number of carbonyl (C=O) groups is 1. The SMILES string of the molecule is Cc1ccsc1C1C(C#N)=C(n2cccc2)N(c2ccc(C(F)(F)F)cc2)C2=C1C(=O)CCC2. The van der Waals surface area contributed by atoms with Gasteiger partial charge in [0.25, 0.3) is 0 Å². The number of allylic oxidation sites excluding steroid dienone is 3. The summed E-state index contributed by atoms with van der Waals surface area (Å²) in [6.45, 7) is 1.96. The molecule has 0 radical (unpaired) electrons. The largest absolute Gasteiger partial charge is 0.416 e. The van der Waals surface area contributed by atoms with Gasteiger partial charge >= 0.3 is 6.18 Å². The van der Waals surface area contributed by atoms with Crippen LogP contribution in [0.3, 0.4) is 0 Å². The van der Waals surface area contributed by atoms with Gasteiger partial charge in [-0.05, 0) is 73.2 Å². The van der Waals surface area contributed by atoms with E-state index < -0.39 is 17.7 Å². The van der Waals surface area contributed by atoms with Crippen molar-refractivity contribution in [2.75, 3.05) is 4.90 Å². The van der Waals surface area contributed by atoms with E-state index in [0.717, 1.165) is 28.3 Å². The second-order valence-electron chi connectivity index (χ2n) is 8.36. The minimum absolute atomic E-state index is 0.0183. The molecule has 1 aliphatic heterocycles. The fourth-order valence-corrected chi connectivity index (χ4v) is 5.84. The lowest BCUT2D eigenvalue weighted by Gasteiger charge is -2.41. The Labute approximate surface area is 198 Å². The predicted octanol–water partition coefficient (Wildman–Crippen LogP) is 6.88. The first-order valence-electron chi connectivity index (χ1n) is 10.9. The Morgan fingerprint density at radius 1 is 1.09 bits per heavy atom. The smallest absolute Gasteiger partial charge is 0.309 e. The van der Waals surface area contributed by atoms with Gasteiger partial charge in [-0.15, -0.1) is 11.3 Å². The lowest BCUT2D eigenvalue weighted by molar-refractivity contribution is -0.137. The summed E-state index contributed by atoms with van der Waals surface area (Å²) in [6.07, 6.45) is 0.775. The van der Waals surface area contributed by atoms with E-state index in [9.17, 15) is 23.2 Å². The van der Waals surface area contributed by atoms with Crippen LogP contribution < -0.4 is 4.90 Å². The molecule has 3 aromatic rings. The van der Waals surface area contributed by atoms with Crippen LogP contribution in [0.25, 0.3) is 5.82 Å². The molecule has 1 atom stereocenters. The quantitative estimate of drug-likeness (QED) is 0.411. The Kier molecular flexibility index (Phi) is 5.45. The molecule has 0 saturated carbocycles. The third kappa shape index (κ3) is 3.57. The number of alkyl halides is 3. The Morgan fingerprint density at radius 3 is 2.38 bits per heavy atom. The number of aromatic nitrogens is 1. The number of hydrogen-bond acceptors (Lipinski definition) is 4. The molecule has 0 fully saturated rings. The Hall–Kier alpha value is -3.57. The van der Waals surface area contributed by atoms with Gasteiger partial charge in [0.1, 0.15) is 5.82 Å². The van der Waals surface area contributed by atoms with E-state index in [1.54, 1.807) is 21.9 Å².